The molecule has 0 fully saturated rings. The molecule has 2 heterocycles. The maximum Gasteiger partial charge on any atom is 0.256 e. The van der Waals surface area contributed by atoms with Crippen LogP contribution in [0.1, 0.15) is 18.5 Å². The average molecular weight is 381 g/mol. The van der Waals surface area contributed by atoms with Gasteiger partial charge in [-0.15, -0.1) is 4.40 Å². The Bertz CT molecular complexity index is 1110. The molecule has 6 nitrogen and oxygen atoms in total. The molecule has 1 atom stereocenters. The number of carbonyl (C=O) groups is 1. The van der Waals surface area contributed by atoms with E-state index in [1.807, 2.05) is 49.4 Å². The summed E-state index contributed by atoms with van der Waals surface area (Å²) in [5.74, 6) is 0.0846. The highest BCUT2D eigenvalue weighted by atomic mass is 32.2. The van der Waals surface area contributed by atoms with Gasteiger partial charge in [-0.05, 0) is 35.4 Å². The summed E-state index contributed by atoms with van der Waals surface area (Å²) in [5.41, 5.74) is 1.52. The van der Waals surface area contributed by atoms with Crippen LogP contribution in [-0.4, -0.2) is 37.4 Å². The Hall–Kier alpha value is -2.93. The second-order valence-corrected chi connectivity index (χ2v) is 8.36. The van der Waals surface area contributed by atoms with E-state index in [4.69, 9.17) is 0 Å². The number of carbonyl (C=O) groups excluding carboxylic acids is 1. The fraction of sp³-hybridized carbons (Fsp3) is 0.200. The van der Waals surface area contributed by atoms with Gasteiger partial charge in [0, 0.05) is 12.7 Å². The molecule has 0 unspecified atom stereocenters. The first-order valence-corrected chi connectivity index (χ1v) is 10.3. The molecular weight excluding hydrogens is 362 g/mol. The first kappa shape index (κ1) is 17.5. The zero-order valence-electron chi connectivity index (χ0n) is 14.8. The number of amides is 1. The van der Waals surface area contributed by atoms with Crippen molar-refractivity contribution in [2.24, 2.45) is 4.40 Å². The lowest BCUT2D eigenvalue weighted by Gasteiger charge is -2.27. The predicted molar refractivity (Wildman–Crippen MR) is 106 cm³/mol. The van der Waals surface area contributed by atoms with Gasteiger partial charge in [0.05, 0.1) is 17.4 Å². The third-order valence-corrected chi connectivity index (χ3v) is 5.89. The fourth-order valence-electron chi connectivity index (χ4n) is 3.32. The van der Waals surface area contributed by atoms with Crippen molar-refractivity contribution in [3.8, 4) is 0 Å². The van der Waals surface area contributed by atoms with Crippen LogP contribution in [0.3, 0.4) is 0 Å². The second kappa shape index (κ2) is 6.66. The van der Waals surface area contributed by atoms with Crippen LogP contribution in [0.25, 0.3) is 10.8 Å². The van der Waals surface area contributed by atoms with Crippen LogP contribution in [0, 0.1) is 0 Å². The summed E-state index contributed by atoms with van der Waals surface area (Å²) in [6.07, 6.45) is 4.81. The molecule has 0 spiro atoms. The molecule has 2 aliphatic rings. The fourth-order valence-corrected chi connectivity index (χ4v) is 4.29. The van der Waals surface area contributed by atoms with Gasteiger partial charge in [0.15, 0.2) is 0 Å². The minimum Gasteiger partial charge on any atom is -0.345 e. The summed E-state index contributed by atoms with van der Waals surface area (Å²) in [5, 5.41) is 5.26. The van der Waals surface area contributed by atoms with Crippen molar-refractivity contribution in [1.29, 1.82) is 0 Å². The van der Waals surface area contributed by atoms with Crippen LogP contribution in [0.15, 0.2) is 70.8 Å². The highest BCUT2D eigenvalue weighted by Gasteiger charge is 2.25. The summed E-state index contributed by atoms with van der Waals surface area (Å²) < 4.78 is 26.9. The second-order valence-electron chi connectivity index (χ2n) is 6.61. The van der Waals surface area contributed by atoms with E-state index in [1.165, 1.54) is 0 Å². The van der Waals surface area contributed by atoms with Crippen LogP contribution in [-0.2, 0) is 14.8 Å². The molecular formula is C20H19N3O3S. The molecule has 0 aliphatic carbocycles. The predicted octanol–water partition coefficient (Wildman–Crippen LogP) is 2.51. The molecule has 2 aromatic carbocycles. The monoisotopic (exact) mass is 381 g/mol. The Balaban J connectivity index is 1.54. The van der Waals surface area contributed by atoms with E-state index < -0.39 is 10.0 Å². The molecule has 0 radical (unpaired) electrons. The van der Waals surface area contributed by atoms with Gasteiger partial charge in [-0.1, -0.05) is 42.5 Å². The minimum absolute atomic E-state index is 0.0534. The molecule has 0 bridgehead atoms. The van der Waals surface area contributed by atoms with Crippen molar-refractivity contribution in [2.75, 3.05) is 12.3 Å². The lowest BCUT2D eigenvalue weighted by Crippen LogP contribution is -2.38. The van der Waals surface area contributed by atoms with E-state index in [0.29, 0.717) is 18.0 Å². The topological polar surface area (TPSA) is 78.8 Å². The Morgan fingerprint density at radius 3 is 2.78 bits per heavy atom. The van der Waals surface area contributed by atoms with Gasteiger partial charge < -0.3 is 10.2 Å². The largest absolute Gasteiger partial charge is 0.345 e. The Morgan fingerprint density at radius 1 is 1.15 bits per heavy atom. The van der Waals surface area contributed by atoms with Crippen molar-refractivity contribution in [2.45, 2.75) is 13.0 Å². The van der Waals surface area contributed by atoms with Crippen molar-refractivity contribution in [3.05, 3.63) is 72.0 Å². The van der Waals surface area contributed by atoms with Crippen LogP contribution in [0.4, 0.5) is 0 Å². The van der Waals surface area contributed by atoms with Crippen LogP contribution in [0.2, 0.25) is 0 Å². The molecule has 27 heavy (non-hydrogen) atoms. The lowest BCUT2D eigenvalue weighted by molar-refractivity contribution is -0.117. The molecule has 2 aliphatic heterocycles. The normalized spacial score (nSPS) is 19.1. The third kappa shape index (κ3) is 3.50. The summed E-state index contributed by atoms with van der Waals surface area (Å²) >= 11 is 0. The number of sulfonamides is 1. The first-order chi connectivity index (χ1) is 12.9. The van der Waals surface area contributed by atoms with E-state index in [1.54, 1.807) is 23.3 Å². The van der Waals surface area contributed by atoms with E-state index >= 15 is 0 Å². The van der Waals surface area contributed by atoms with E-state index in [9.17, 15) is 13.2 Å². The van der Waals surface area contributed by atoms with Crippen LogP contribution < -0.4 is 5.32 Å². The van der Waals surface area contributed by atoms with Gasteiger partial charge in [0.1, 0.15) is 5.84 Å². The number of nitrogens with zero attached hydrogens (tertiary/aromatic N) is 2. The highest BCUT2D eigenvalue weighted by Crippen LogP contribution is 2.24. The summed E-state index contributed by atoms with van der Waals surface area (Å²) in [6, 6.07) is 13.9. The summed E-state index contributed by atoms with van der Waals surface area (Å²) in [7, 11) is -3.40. The number of hydrogen-bond donors (Lipinski definition) is 1. The highest BCUT2D eigenvalue weighted by molar-refractivity contribution is 7.90. The zero-order chi connectivity index (χ0) is 19.0. The van der Waals surface area contributed by atoms with Crippen molar-refractivity contribution in [1.82, 2.24) is 10.2 Å². The third-order valence-electron chi connectivity index (χ3n) is 4.72. The van der Waals surface area contributed by atoms with Gasteiger partial charge >= 0.3 is 0 Å². The molecule has 0 saturated carbocycles. The van der Waals surface area contributed by atoms with Gasteiger partial charge in [-0.25, -0.2) is 8.42 Å². The molecule has 7 heteroatoms. The van der Waals surface area contributed by atoms with Gasteiger partial charge in [-0.3, -0.25) is 4.79 Å². The molecule has 138 valence electrons. The molecule has 0 aromatic heterocycles. The molecule has 1 N–H and O–H groups in total. The average Bonchev–Trinajstić information content (AvgIpc) is 2.66. The summed E-state index contributed by atoms with van der Waals surface area (Å²) in [4.78, 5) is 14.4. The standard InChI is InChI=1S/C20H19N3O3S/c1-14(17-8-4-6-15-5-2-3-7-18(15)17)21-20(24)16-9-10-19-22-27(25,26)12-11-23(19)13-16/h2-10,13-14H,11-12H2,1H3,(H,21,24)/t14-/m1/s1. The number of rotatable bonds is 3. The number of amidine groups is 1. The van der Waals surface area contributed by atoms with E-state index in [-0.39, 0.29) is 17.7 Å². The van der Waals surface area contributed by atoms with Crippen molar-refractivity contribution < 1.29 is 13.2 Å². The maximum atomic E-state index is 12.7. The molecule has 2 aromatic rings. The molecule has 0 saturated heterocycles. The Morgan fingerprint density at radius 2 is 1.93 bits per heavy atom. The van der Waals surface area contributed by atoms with Crippen LogP contribution in [0.5, 0.6) is 0 Å². The number of fused-ring (bicyclic) bond motifs is 2. The SMILES string of the molecule is C[C@@H](NC(=O)C1=CN2CCS(=O)(=O)N=C2C=C1)c1cccc2ccccc12. The summed E-state index contributed by atoms with van der Waals surface area (Å²) in [6.45, 7) is 2.24. The number of hydrogen-bond acceptors (Lipinski definition) is 4. The maximum absolute atomic E-state index is 12.7. The van der Waals surface area contributed by atoms with Crippen LogP contribution >= 0.6 is 0 Å². The zero-order valence-corrected chi connectivity index (χ0v) is 15.6. The minimum atomic E-state index is -3.40. The van der Waals surface area contributed by atoms with E-state index in [2.05, 4.69) is 9.71 Å². The Kier molecular flexibility index (Phi) is 4.31. The first-order valence-electron chi connectivity index (χ1n) is 8.71. The van der Waals surface area contributed by atoms with E-state index in [0.717, 1.165) is 16.3 Å². The lowest BCUT2D eigenvalue weighted by atomic mass is 9.99. The van der Waals surface area contributed by atoms with Gasteiger partial charge in [-0.2, -0.15) is 0 Å². The van der Waals surface area contributed by atoms with Gasteiger partial charge in [0.2, 0.25) is 0 Å². The Labute approximate surface area is 157 Å². The van der Waals surface area contributed by atoms with Crippen molar-refractivity contribution in [3.63, 3.8) is 0 Å². The molecule has 4 rings (SSSR count). The molecule has 1 amide bonds. The van der Waals surface area contributed by atoms with Gasteiger partial charge in [0.25, 0.3) is 15.9 Å². The van der Waals surface area contributed by atoms with Crippen molar-refractivity contribution >= 4 is 32.5 Å². The smallest absolute Gasteiger partial charge is 0.256 e. The quantitative estimate of drug-likeness (QED) is 0.886. The number of nitrogens with one attached hydrogen (secondary N) is 1. The number of benzene rings is 2.